The summed E-state index contributed by atoms with van der Waals surface area (Å²) < 4.78 is 8.31. The third kappa shape index (κ3) is 8.20. The molecule has 4 amide bonds. The molecule has 6 heterocycles. The number of nitrogens with zero attached hydrogens (tertiary/aromatic N) is 9. The first-order chi connectivity index (χ1) is 26.8. The number of aromatic nitrogens is 5. The van der Waals surface area contributed by atoms with E-state index < -0.39 is 6.03 Å². The summed E-state index contributed by atoms with van der Waals surface area (Å²) in [6.45, 7) is 5.16. The van der Waals surface area contributed by atoms with E-state index in [1.807, 2.05) is 12.3 Å². The minimum atomic E-state index is -0.444. The Bertz CT molecular complexity index is 2080. The van der Waals surface area contributed by atoms with Crippen molar-refractivity contribution in [1.82, 2.24) is 40.0 Å². The highest BCUT2D eigenvalue weighted by Crippen LogP contribution is 2.32. The Morgan fingerprint density at radius 1 is 0.945 bits per heavy atom. The average Bonchev–Trinajstić information content (AvgIpc) is 3.64. The van der Waals surface area contributed by atoms with Crippen LogP contribution in [0.5, 0.6) is 5.75 Å². The number of hydrogen-bond acceptors (Lipinski definition) is 11. The van der Waals surface area contributed by atoms with E-state index in [1.165, 1.54) is 11.2 Å². The van der Waals surface area contributed by atoms with Gasteiger partial charge in [-0.25, -0.2) is 24.7 Å². The van der Waals surface area contributed by atoms with E-state index in [9.17, 15) is 14.4 Å². The fraction of sp³-hybridized carbons (Fsp3) is 0.487. The lowest BCUT2D eigenvalue weighted by Crippen LogP contribution is -2.50. The third-order valence-corrected chi connectivity index (χ3v) is 11.7. The van der Waals surface area contributed by atoms with Crippen LogP contribution in [0.15, 0.2) is 49.2 Å². The quantitative estimate of drug-likeness (QED) is 0.238. The number of nitriles is 1. The monoisotopic (exact) mass is 765 g/mol. The number of carbonyl (C=O) groups excluding carboxylic acids is 3. The number of amides is 4. The number of benzene rings is 1. The molecule has 4 fully saturated rings. The molecule has 1 aromatic carbocycles. The molecule has 8 rings (SSSR count). The molecule has 2 N–H and O–H groups in total. The van der Waals surface area contributed by atoms with Crippen LogP contribution < -0.4 is 25.2 Å². The summed E-state index contributed by atoms with van der Waals surface area (Å²) in [6.07, 6.45) is 14.5. The highest BCUT2D eigenvalue weighted by Gasteiger charge is 2.30. The van der Waals surface area contributed by atoms with Crippen molar-refractivity contribution in [3.05, 3.63) is 65.3 Å². The van der Waals surface area contributed by atoms with Gasteiger partial charge in [-0.2, -0.15) is 5.26 Å². The molecule has 15 nitrogen and oxygen atoms in total. The number of fused-ring (bicyclic) bond motifs is 1. The average molecular weight is 766 g/mol. The Kier molecular flexibility index (Phi) is 10.8. The Hall–Kier alpha value is -5.33. The summed E-state index contributed by atoms with van der Waals surface area (Å²) in [5.74, 6) is 2.02. The second-order valence-corrected chi connectivity index (χ2v) is 15.4. The van der Waals surface area contributed by atoms with E-state index in [1.54, 1.807) is 30.6 Å². The summed E-state index contributed by atoms with van der Waals surface area (Å²) in [5, 5.41) is 15.8. The van der Waals surface area contributed by atoms with Crippen LogP contribution in [0.2, 0.25) is 5.02 Å². The molecule has 4 aliphatic rings. The maximum absolute atomic E-state index is 13.0. The Labute approximate surface area is 324 Å². The third-order valence-electron chi connectivity index (χ3n) is 11.4. The van der Waals surface area contributed by atoms with Crippen molar-refractivity contribution in [3.8, 4) is 11.8 Å². The van der Waals surface area contributed by atoms with Gasteiger partial charge in [0.05, 0.1) is 27.6 Å². The fourth-order valence-corrected chi connectivity index (χ4v) is 8.55. The molecule has 286 valence electrons. The smallest absolute Gasteiger partial charge is 0.329 e. The van der Waals surface area contributed by atoms with Crippen LogP contribution in [0.4, 0.5) is 16.6 Å². The minimum absolute atomic E-state index is 0.0345. The summed E-state index contributed by atoms with van der Waals surface area (Å²) in [6, 6.07) is 9.07. The van der Waals surface area contributed by atoms with Crippen molar-refractivity contribution >= 4 is 52.2 Å². The highest BCUT2D eigenvalue weighted by molar-refractivity contribution is 6.31. The van der Waals surface area contributed by atoms with E-state index in [-0.39, 0.29) is 30.4 Å². The van der Waals surface area contributed by atoms with Gasteiger partial charge < -0.3 is 24.4 Å². The van der Waals surface area contributed by atoms with Crippen LogP contribution >= 0.6 is 11.6 Å². The second kappa shape index (κ2) is 16.2. The standard InChI is InChI=1S/C39H44ClN11O4/c40-33-19-31(4-1-26(33)20-41)55-30-5-2-28(3-6-30)46-37(53)27-21-42-38(43-22-27)49-15-7-25(8-16-49)23-48-13-9-29(10-14-48)50-17-11-32-35(50)44-24-45-36(32)51-18-12-34(52)47-39(51)54/h1,4,11,17,19,21-22,24-25,28-30H,2-3,5-10,12-16,18,23H2,(H,46,53)(H,47,52,54)/t28-,30-. The second-order valence-electron chi connectivity index (χ2n) is 15.0. The first kappa shape index (κ1) is 36.6. The van der Waals surface area contributed by atoms with Crippen LogP contribution in [0, 0.1) is 17.2 Å². The number of rotatable bonds is 9. The van der Waals surface area contributed by atoms with Gasteiger partial charge in [-0.1, -0.05) is 11.6 Å². The zero-order chi connectivity index (χ0) is 37.9. The van der Waals surface area contributed by atoms with E-state index in [4.69, 9.17) is 21.6 Å². The number of likely N-dealkylation sites (tertiary alicyclic amines) is 1. The van der Waals surface area contributed by atoms with Crippen molar-refractivity contribution < 1.29 is 19.1 Å². The lowest BCUT2D eigenvalue weighted by atomic mass is 9.92. The zero-order valence-electron chi connectivity index (χ0n) is 30.6. The topological polar surface area (TPSA) is 174 Å². The first-order valence-electron chi connectivity index (χ1n) is 19.2. The van der Waals surface area contributed by atoms with Crippen LogP contribution in [0.3, 0.4) is 0 Å². The van der Waals surface area contributed by atoms with Crippen molar-refractivity contribution in [2.45, 2.75) is 76.0 Å². The summed E-state index contributed by atoms with van der Waals surface area (Å²) >= 11 is 6.15. The molecule has 0 radical (unpaired) electrons. The van der Waals surface area contributed by atoms with Gasteiger partial charge in [-0.15, -0.1) is 0 Å². The molecular formula is C39H44ClN11O4. The van der Waals surface area contributed by atoms with E-state index in [0.717, 1.165) is 95.1 Å². The molecule has 3 aromatic heterocycles. The molecule has 3 aliphatic heterocycles. The lowest BCUT2D eigenvalue weighted by molar-refractivity contribution is -0.120. The number of urea groups is 1. The SMILES string of the molecule is N#Cc1ccc(O[C@H]2CC[C@H](NC(=O)c3cnc(N4CCC(CN5CCC(n6ccc7c(N8CCC(=O)NC8=O)ncnc76)CC5)CC4)nc3)CC2)cc1Cl. The predicted octanol–water partition coefficient (Wildman–Crippen LogP) is 4.87. The maximum atomic E-state index is 13.0. The molecular weight excluding hydrogens is 722 g/mol. The zero-order valence-corrected chi connectivity index (χ0v) is 31.3. The first-order valence-corrected chi connectivity index (χ1v) is 19.6. The summed E-state index contributed by atoms with van der Waals surface area (Å²) in [5.41, 5.74) is 1.70. The van der Waals surface area contributed by atoms with Gasteiger partial charge in [0, 0.05) is 82.4 Å². The predicted molar refractivity (Wildman–Crippen MR) is 205 cm³/mol. The molecule has 0 spiro atoms. The molecule has 4 aromatic rings. The van der Waals surface area contributed by atoms with Gasteiger partial charge in [-0.05, 0) is 75.5 Å². The number of carbonyl (C=O) groups is 3. The molecule has 1 aliphatic carbocycles. The Morgan fingerprint density at radius 3 is 2.42 bits per heavy atom. The summed E-state index contributed by atoms with van der Waals surface area (Å²) in [4.78, 5) is 61.6. The van der Waals surface area contributed by atoms with Crippen LogP contribution in [0.25, 0.3) is 11.0 Å². The minimum Gasteiger partial charge on any atom is -0.490 e. The number of nitrogens with one attached hydrogen (secondary N) is 2. The molecule has 0 atom stereocenters. The highest BCUT2D eigenvalue weighted by atomic mass is 35.5. The van der Waals surface area contributed by atoms with Crippen LogP contribution in [-0.4, -0.2) is 98.7 Å². The molecule has 16 heteroatoms. The van der Waals surface area contributed by atoms with Crippen LogP contribution in [-0.2, 0) is 4.79 Å². The van der Waals surface area contributed by atoms with Crippen LogP contribution in [0.1, 0.15) is 79.8 Å². The number of imide groups is 1. The van der Waals surface area contributed by atoms with Crippen molar-refractivity contribution in [1.29, 1.82) is 5.26 Å². The van der Waals surface area contributed by atoms with Gasteiger partial charge in [0.1, 0.15) is 29.6 Å². The Balaban J connectivity index is 0.760. The van der Waals surface area contributed by atoms with Gasteiger partial charge in [0.25, 0.3) is 5.91 Å². The van der Waals surface area contributed by atoms with E-state index in [2.05, 4.69) is 51.0 Å². The van der Waals surface area contributed by atoms with Crippen molar-refractivity contribution in [2.24, 2.45) is 5.92 Å². The van der Waals surface area contributed by atoms with Crippen molar-refractivity contribution in [2.75, 3.05) is 49.1 Å². The Morgan fingerprint density at radius 2 is 1.71 bits per heavy atom. The largest absolute Gasteiger partial charge is 0.490 e. The van der Waals surface area contributed by atoms with Gasteiger partial charge in [-0.3, -0.25) is 19.8 Å². The van der Waals surface area contributed by atoms with E-state index >= 15 is 0 Å². The van der Waals surface area contributed by atoms with Gasteiger partial charge >= 0.3 is 6.03 Å². The summed E-state index contributed by atoms with van der Waals surface area (Å²) in [7, 11) is 0. The lowest BCUT2D eigenvalue weighted by Gasteiger charge is -2.38. The number of piperidine rings is 2. The fourth-order valence-electron chi connectivity index (χ4n) is 8.34. The normalized spacial score (nSPS) is 21.7. The molecule has 55 heavy (non-hydrogen) atoms. The number of halogens is 1. The number of hydrogen-bond donors (Lipinski definition) is 2. The number of ether oxygens (including phenoxy) is 1. The molecule has 1 saturated carbocycles. The molecule has 0 unspecified atom stereocenters. The maximum Gasteiger partial charge on any atom is 0.329 e. The number of anilines is 2. The van der Waals surface area contributed by atoms with Gasteiger partial charge in [0.2, 0.25) is 11.9 Å². The van der Waals surface area contributed by atoms with Gasteiger partial charge in [0.15, 0.2) is 0 Å². The molecule has 3 saturated heterocycles. The molecule has 0 bridgehead atoms. The van der Waals surface area contributed by atoms with Crippen molar-refractivity contribution in [3.63, 3.8) is 0 Å². The van der Waals surface area contributed by atoms with E-state index in [0.29, 0.717) is 52.2 Å².